The molecule has 0 bridgehead atoms. The third-order valence-corrected chi connectivity index (χ3v) is 5.21. The monoisotopic (exact) mass is 387 g/mol. The van der Waals surface area contributed by atoms with E-state index in [9.17, 15) is 13.6 Å². The zero-order valence-corrected chi connectivity index (χ0v) is 15.4. The van der Waals surface area contributed by atoms with Crippen LogP contribution >= 0.6 is 11.3 Å². The van der Waals surface area contributed by atoms with Gasteiger partial charge in [-0.2, -0.15) is 0 Å². The van der Waals surface area contributed by atoms with Crippen LogP contribution < -0.4 is 14.4 Å². The zero-order valence-electron chi connectivity index (χ0n) is 13.7. The Hall–Kier alpha value is -2.68. The molecule has 0 aliphatic rings. The van der Waals surface area contributed by atoms with Crippen molar-refractivity contribution in [3.63, 3.8) is 0 Å². The molecule has 2 aromatic carbocycles. The van der Waals surface area contributed by atoms with Gasteiger partial charge in [-0.3, -0.25) is 13.3 Å². The molecule has 0 spiro atoms. The number of nitrogens with one attached hydrogen (secondary N) is 1. The number of ether oxygens (including phenoxy) is 1. The number of hydrogen-bond donors (Lipinski definition) is 1. The molecule has 1 N–H and O–H groups in total. The number of hydrogen-bond acceptors (Lipinski definition) is 5. The van der Waals surface area contributed by atoms with Crippen LogP contribution in [0.2, 0.25) is 0 Å². The Morgan fingerprint density at radius 2 is 1.92 bits per heavy atom. The molecule has 0 radical (unpaired) electrons. The van der Waals surface area contributed by atoms with Crippen LogP contribution in [-0.2, 0) is 11.3 Å². The summed E-state index contributed by atoms with van der Waals surface area (Å²) in [6, 6.07) is 17.1. The van der Waals surface area contributed by atoms with Crippen LogP contribution in [0.3, 0.4) is 0 Å². The molecule has 1 amide bonds. The highest BCUT2D eigenvalue weighted by atomic mass is 32.2. The van der Waals surface area contributed by atoms with Crippen LogP contribution in [0.4, 0.5) is 16.4 Å². The number of methoxy groups -OCH3 is 1. The maximum atomic E-state index is 12.5. The Kier molecular flexibility index (Phi) is 5.67. The van der Waals surface area contributed by atoms with Crippen LogP contribution in [0.25, 0.3) is 0 Å². The van der Waals surface area contributed by atoms with Crippen molar-refractivity contribution in [2.75, 3.05) is 16.7 Å². The van der Waals surface area contributed by atoms with Crippen LogP contribution in [0.15, 0.2) is 66.0 Å². The van der Waals surface area contributed by atoms with Gasteiger partial charge in [0.2, 0.25) is 0 Å². The SMILES string of the molecule is COc1ccc(C(=O)Nc2ccccc2)cc1N(c1cccs1)S(=O)[O-]. The quantitative estimate of drug-likeness (QED) is 0.650. The van der Waals surface area contributed by atoms with Crippen LogP contribution in [-0.4, -0.2) is 21.8 Å². The summed E-state index contributed by atoms with van der Waals surface area (Å²) in [5.74, 6) is 0.00164. The summed E-state index contributed by atoms with van der Waals surface area (Å²) in [7, 11) is 1.45. The van der Waals surface area contributed by atoms with Crippen molar-refractivity contribution in [1.82, 2.24) is 0 Å². The summed E-state index contributed by atoms with van der Waals surface area (Å²) < 4.78 is 30.0. The summed E-state index contributed by atoms with van der Waals surface area (Å²) in [6.07, 6.45) is 0. The molecule has 1 aromatic heterocycles. The van der Waals surface area contributed by atoms with Crippen LogP contribution in [0.1, 0.15) is 10.4 Å². The molecule has 0 saturated carbocycles. The molecule has 3 aromatic rings. The Balaban J connectivity index is 1.98. The second-order valence-electron chi connectivity index (χ2n) is 5.17. The third-order valence-electron chi connectivity index (χ3n) is 3.55. The minimum atomic E-state index is -2.57. The molecule has 1 unspecified atom stereocenters. The van der Waals surface area contributed by atoms with E-state index in [2.05, 4.69) is 5.32 Å². The van der Waals surface area contributed by atoms with Gasteiger partial charge in [-0.1, -0.05) is 18.2 Å². The van der Waals surface area contributed by atoms with Crippen molar-refractivity contribution in [1.29, 1.82) is 0 Å². The molecule has 134 valence electrons. The predicted molar refractivity (Wildman–Crippen MR) is 103 cm³/mol. The number of benzene rings is 2. The smallest absolute Gasteiger partial charge is 0.255 e. The number of para-hydroxylation sites is 1. The second kappa shape index (κ2) is 8.13. The van der Waals surface area contributed by atoms with Crippen molar-refractivity contribution < 1.29 is 18.3 Å². The van der Waals surface area contributed by atoms with E-state index in [1.165, 1.54) is 24.5 Å². The number of nitrogens with zero attached hydrogens (tertiary/aromatic N) is 1. The first kappa shape index (κ1) is 18.1. The number of thiophene rings is 1. The molecule has 1 atom stereocenters. The number of amides is 1. The van der Waals surface area contributed by atoms with E-state index in [4.69, 9.17) is 4.74 Å². The fourth-order valence-corrected chi connectivity index (χ4v) is 3.84. The van der Waals surface area contributed by atoms with Gasteiger partial charge in [-0.25, -0.2) is 0 Å². The molecule has 6 nitrogen and oxygen atoms in total. The van der Waals surface area contributed by atoms with E-state index in [0.717, 1.165) is 4.31 Å². The molecular formula is C18H15N2O4S2-. The minimum Gasteiger partial charge on any atom is -0.755 e. The average molecular weight is 387 g/mol. The first-order valence-corrected chi connectivity index (χ1v) is 9.48. The van der Waals surface area contributed by atoms with Crippen molar-refractivity contribution in [2.24, 2.45) is 0 Å². The van der Waals surface area contributed by atoms with E-state index in [0.29, 0.717) is 22.0 Å². The fraction of sp³-hybridized carbons (Fsp3) is 0.0556. The standard InChI is InChI=1S/C18H16N2O4S2/c1-24-16-10-9-13(18(21)19-14-6-3-2-4-7-14)12-15(16)20(26(22)23)17-8-5-11-25-17/h2-12H,1H3,(H,19,21)(H,22,23)/p-1. The maximum Gasteiger partial charge on any atom is 0.255 e. The third kappa shape index (κ3) is 3.93. The highest BCUT2D eigenvalue weighted by Crippen LogP contribution is 2.37. The van der Waals surface area contributed by atoms with Gasteiger partial charge in [0.25, 0.3) is 5.91 Å². The molecule has 0 saturated heterocycles. The normalized spacial score (nSPS) is 11.6. The van der Waals surface area contributed by atoms with E-state index < -0.39 is 11.3 Å². The van der Waals surface area contributed by atoms with Crippen molar-refractivity contribution in [3.8, 4) is 5.75 Å². The van der Waals surface area contributed by atoms with Crippen LogP contribution in [0.5, 0.6) is 5.75 Å². The van der Waals surface area contributed by atoms with Gasteiger partial charge in [-0.05, 0) is 47.8 Å². The summed E-state index contributed by atoms with van der Waals surface area (Å²) >= 11 is -1.31. The highest BCUT2D eigenvalue weighted by Gasteiger charge is 2.19. The predicted octanol–water partition coefficient (Wildman–Crippen LogP) is 3.94. The van der Waals surface area contributed by atoms with E-state index in [1.807, 2.05) is 18.2 Å². The molecular weight excluding hydrogens is 372 g/mol. The lowest BCUT2D eigenvalue weighted by Crippen LogP contribution is -2.20. The Morgan fingerprint density at radius 3 is 2.54 bits per heavy atom. The molecule has 0 fully saturated rings. The van der Waals surface area contributed by atoms with Gasteiger partial charge in [0.15, 0.2) is 0 Å². The molecule has 1 heterocycles. The van der Waals surface area contributed by atoms with Gasteiger partial charge < -0.3 is 14.6 Å². The van der Waals surface area contributed by atoms with Gasteiger partial charge in [0.05, 0.1) is 24.1 Å². The van der Waals surface area contributed by atoms with E-state index >= 15 is 0 Å². The largest absolute Gasteiger partial charge is 0.755 e. The van der Waals surface area contributed by atoms with Crippen molar-refractivity contribution in [2.45, 2.75) is 0 Å². The first-order valence-electron chi connectivity index (χ1n) is 7.57. The summed E-state index contributed by atoms with van der Waals surface area (Å²) in [5.41, 5.74) is 1.23. The molecule has 3 rings (SSSR count). The number of carbonyl (C=O) groups excluding carboxylic acids is 1. The lowest BCUT2D eigenvalue weighted by atomic mass is 10.1. The van der Waals surface area contributed by atoms with Crippen LogP contribution in [0, 0.1) is 0 Å². The summed E-state index contributed by atoms with van der Waals surface area (Å²) in [4.78, 5) is 12.5. The highest BCUT2D eigenvalue weighted by molar-refractivity contribution is 7.81. The summed E-state index contributed by atoms with van der Waals surface area (Å²) in [6.45, 7) is 0. The van der Waals surface area contributed by atoms with E-state index in [1.54, 1.807) is 41.8 Å². The molecule has 0 aliphatic carbocycles. The van der Waals surface area contributed by atoms with Gasteiger partial charge in [0.1, 0.15) is 10.8 Å². The number of anilines is 3. The van der Waals surface area contributed by atoms with Crippen molar-refractivity contribution in [3.05, 3.63) is 71.6 Å². The second-order valence-corrected chi connectivity index (χ2v) is 6.90. The average Bonchev–Trinajstić information content (AvgIpc) is 3.16. The van der Waals surface area contributed by atoms with Crippen molar-refractivity contribution >= 4 is 44.9 Å². The van der Waals surface area contributed by atoms with Gasteiger partial charge in [-0.15, -0.1) is 11.3 Å². The topological polar surface area (TPSA) is 81.7 Å². The first-order chi connectivity index (χ1) is 12.6. The lowest BCUT2D eigenvalue weighted by molar-refractivity contribution is 0.102. The molecule has 8 heteroatoms. The maximum absolute atomic E-state index is 12.5. The Labute approximate surface area is 157 Å². The van der Waals surface area contributed by atoms with Gasteiger partial charge in [0, 0.05) is 11.3 Å². The Morgan fingerprint density at radius 1 is 1.15 bits per heavy atom. The zero-order chi connectivity index (χ0) is 18.5. The number of carbonyl (C=O) groups is 1. The van der Waals surface area contributed by atoms with Gasteiger partial charge >= 0.3 is 0 Å². The minimum absolute atomic E-state index is 0.268. The molecule has 26 heavy (non-hydrogen) atoms. The fourth-order valence-electron chi connectivity index (χ4n) is 2.37. The summed E-state index contributed by atoms with van der Waals surface area (Å²) in [5, 5.41) is 5.05. The molecule has 0 aliphatic heterocycles. The lowest BCUT2D eigenvalue weighted by Gasteiger charge is -2.26. The number of rotatable bonds is 6. The Bertz CT molecular complexity index is 914. The van der Waals surface area contributed by atoms with E-state index in [-0.39, 0.29) is 11.6 Å².